The van der Waals surface area contributed by atoms with Crippen LogP contribution in [0.3, 0.4) is 0 Å². The maximum absolute atomic E-state index is 13.2. The van der Waals surface area contributed by atoms with E-state index in [1.54, 1.807) is 0 Å². The van der Waals surface area contributed by atoms with Crippen molar-refractivity contribution in [3.63, 3.8) is 0 Å². The third-order valence-electron chi connectivity index (χ3n) is 11.8. The highest BCUT2D eigenvalue weighted by atomic mass is 16.3. The molecule has 1 nitrogen and oxygen atoms in total. The van der Waals surface area contributed by atoms with E-state index in [1.807, 2.05) is 0 Å². The van der Waals surface area contributed by atoms with Crippen LogP contribution in [0.5, 0.6) is 0 Å². The van der Waals surface area contributed by atoms with Crippen LogP contribution >= 0.6 is 0 Å². The fraction of sp³-hybridized carbons (Fsp3) is 0.245. The summed E-state index contributed by atoms with van der Waals surface area (Å²) in [5, 5.41) is 22.2. The molecule has 0 bridgehead atoms. The Labute approximate surface area is 321 Å². The van der Waals surface area contributed by atoms with E-state index < -0.39 is 6.10 Å². The number of rotatable bonds is 4. The molecule has 0 unspecified atom stereocenters. The lowest BCUT2D eigenvalue weighted by Crippen LogP contribution is -2.12. The first-order chi connectivity index (χ1) is 25.7. The first-order valence-electron chi connectivity index (χ1n) is 19.5. The molecule has 270 valence electrons. The van der Waals surface area contributed by atoms with Crippen molar-refractivity contribution in [3.05, 3.63) is 166 Å². The van der Waals surface area contributed by atoms with Crippen LogP contribution in [0.2, 0.25) is 0 Å². The van der Waals surface area contributed by atoms with Crippen LogP contribution < -0.4 is 0 Å². The van der Waals surface area contributed by atoms with Gasteiger partial charge in [-0.3, -0.25) is 0 Å². The van der Waals surface area contributed by atoms with Crippen LogP contribution in [-0.2, 0) is 10.8 Å². The number of aliphatic hydroxyl groups is 1. The molecule has 0 fully saturated rings. The minimum Gasteiger partial charge on any atom is -0.384 e. The van der Waals surface area contributed by atoms with Crippen molar-refractivity contribution < 1.29 is 5.11 Å². The van der Waals surface area contributed by atoms with Gasteiger partial charge >= 0.3 is 0 Å². The summed E-state index contributed by atoms with van der Waals surface area (Å²) in [6.45, 7) is 22.7. The highest BCUT2D eigenvalue weighted by Gasteiger charge is 2.28. The standard InChI is InChI=1S/C53H52O/c1-31-27-35(52(5,6)7)28-32(2)45(31)47-37-19-11-15-23-41(37)49(42-24-16-12-20-38(42)47)51(54)50-43-25-17-13-21-39(43)48(40-22-14-18-26-44(40)50)46-33(3)29-36(30-34(46)4)53(8,9)10/h11-30,51,54H,1-10H3. The Hall–Kier alpha value is -5.24. The van der Waals surface area contributed by atoms with E-state index in [0.717, 1.165) is 54.2 Å². The van der Waals surface area contributed by atoms with Gasteiger partial charge < -0.3 is 5.11 Å². The number of aryl methyl sites for hydroxylation is 4. The molecular weight excluding hydrogens is 653 g/mol. The van der Waals surface area contributed by atoms with Crippen LogP contribution in [-0.4, -0.2) is 5.11 Å². The summed E-state index contributed by atoms with van der Waals surface area (Å²) in [4.78, 5) is 0. The maximum Gasteiger partial charge on any atom is 0.106 e. The highest BCUT2D eigenvalue weighted by Crippen LogP contribution is 2.49. The van der Waals surface area contributed by atoms with Gasteiger partial charge in [-0.25, -0.2) is 0 Å². The van der Waals surface area contributed by atoms with Crippen molar-refractivity contribution in [3.8, 4) is 22.3 Å². The lowest BCUT2D eigenvalue weighted by Gasteiger charge is -2.27. The third-order valence-corrected chi connectivity index (χ3v) is 11.8. The molecule has 0 aromatic heterocycles. The van der Waals surface area contributed by atoms with Gasteiger partial charge in [0.2, 0.25) is 0 Å². The van der Waals surface area contributed by atoms with Crippen LogP contribution in [0.1, 0.15) is 92.2 Å². The highest BCUT2D eigenvalue weighted by molar-refractivity contribution is 6.19. The second-order valence-electron chi connectivity index (χ2n) is 17.6. The van der Waals surface area contributed by atoms with E-state index in [2.05, 4.69) is 191 Å². The molecule has 0 spiro atoms. The molecule has 0 saturated heterocycles. The zero-order chi connectivity index (χ0) is 38.3. The molecule has 0 saturated carbocycles. The fourth-order valence-electron chi connectivity index (χ4n) is 9.18. The van der Waals surface area contributed by atoms with Gasteiger partial charge in [-0.05, 0) is 137 Å². The topological polar surface area (TPSA) is 20.2 Å². The van der Waals surface area contributed by atoms with E-state index >= 15 is 0 Å². The smallest absolute Gasteiger partial charge is 0.106 e. The summed E-state index contributed by atoms with van der Waals surface area (Å²) >= 11 is 0. The lowest BCUT2D eigenvalue weighted by molar-refractivity contribution is 0.226. The fourth-order valence-corrected chi connectivity index (χ4v) is 9.18. The second kappa shape index (κ2) is 13.0. The molecule has 8 aromatic carbocycles. The number of aliphatic hydroxyl groups excluding tert-OH is 1. The van der Waals surface area contributed by atoms with Crippen molar-refractivity contribution in [2.75, 3.05) is 0 Å². The molecule has 1 heteroatoms. The maximum atomic E-state index is 13.2. The van der Waals surface area contributed by atoms with Gasteiger partial charge in [-0.2, -0.15) is 0 Å². The number of benzene rings is 8. The summed E-state index contributed by atoms with van der Waals surface area (Å²) in [5.41, 5.74) is 14.8. The van der Waals surface area contributed by atoms with Crippen LogP contribution in [0, 0.1) is 27.7 Å². The van der Waals surface area contributed by atoms with Gasteiger partial charge in [0, 0.05) is 11.1 Å². The number of fused-ring (bicyclic) bond motifs is 4. The Morgan fingerprint density at radius 2 is 0.574 bits per heavy atom. The molecule has 0 aliphatic heterocycles. The zero-order valence-corrected chi connectivity index (χ0v) is 33.6. The van der Waals surface area contributed by atoms with E-state index in [9.17, 15) is 5.11 Å². The minimum absolute atomic E-state index is 0.0561. The number of hydrogen-bond donors (Lipinski definition) is 1. The van der Waals surface area contributed by atoms with Crippen molar-refractivity contribution in [2.45, 2.75) is 86.2 Å². The van der Waals surface area contributed by atoms with Gasteiger partial charge in [0.05, 0.1) is 0 Å². The average Bonchev–Trinajstić information content (AvgIpc) is 3.12. The zero-order valence-electron chi connectivity index (χ0n) is 33.6. The molecule has 8 aromatic rings. The van der Waals surface area contributed by atoms with Gasteiger partial charge in [-0.1, -0.05) is 163 Å². The van der Waals surface area contributed by atoms with Crippen molar-refractivity contribution >= 4 is 43.1 Å². The molecule has 1 N–H and O–H groups in total. The third kappa shape index (κ3) is 5.73. The molecule has 0 heterocycles. The molecule has 0 aliphatic carbocycles. The quantitative estimate of drug-likeness (QED) is 0.181. The summed E-state index contributed by atoms with van der Waals surface area (Å²) in [6.07, 6.45) is -0.881. The average molecular weight is 705 g/mol. The SMILES string of the molecule is Cc1cc(C(C)(C)C)cc(C)c1-c1c2ccccc2c(C(O)c2c3ccccc3c(-c3c(C)cc(C(C)(C)C)cc3C)c3ccccc23)c2ccccc12. The Bertz CT molecular complexity index is 2430. The molecule has 0 amide bonds. The first kappa shape index (κ1) is 35.8. The van der Waals surface area contributed by atoms with Gasteiger partial charge in [0.15, 0.2) is 0 Å². The van der Waals surface area contributed by atoms with Crippen LogP contribution in [0.15, 0.2) is 121 Å². The Balaban J connectivity index is 1.45. The van der Waals surface area contributed by atoms with Gasteiger partial charge in [0.25, 0.3) is 0 Å². The minimum atomic E-state index is -0.881. The van der Waals surface area contributed by atoms with E-state index in [1.165, 1.54) is 55.6 Å². The Morgan fingerprint density at radius 3 is 0.796 bits per heavy atom. The van der Waals surface area contributed by atoms with Gasteiger partial charge in [-0.15, -0.1) is 0 Å². The van der Waals surface area contributed by atoms with Crippen molar-refractivity contribution in [1.82, 2.24) is 0 Å². The van der Waals surface area contributed by atoms with E-state index in [4.69, 9.17) is 0 Å². The van der Waals surface area contributed by atoms with E-state index in [-0.39, 0.29) is 10.8 Å². The molecule has 0 atom stereocenters. The molecule has 0 radical (unpaired) electrons. The molecule has 54 heavy (non-hydrogen) atoms. The van der Waals surface area contributed by atoms with Crippen molar-refractivity contribution in [2.24, 2.45) is 0 Å². The number of hydrogen-bond acceptors (Lipinski definition) is 1. The van der Waals surface area contributed by atoms with Crippen LogP contribution in [0.4, 0.5) is 0 Å². The molecular formula is C53H52O. The summed E-state index contributed by atoms with van der Waals surface area (Å²) < 4.78 is 0. The normalized spacial score (nSPS) is 12.5. The van der Waals surface area contributed by atoms with Crippen LogP contribution in [0.25, 0.3) is 65.3 Å². The Morgan fingerprint density at radius 1 is 0.352 bits per heavy atom. The van der Waals surface area contributed by atoms with Crippen molar-refractivity contribution in [1.29, 1.82) is 0 Å². The predicted molar refractivity (Wildman–Crippen MR) is 234 cm³/mol. The monoisotopic (exact) mass is 704 g/mol. The molecule has 0 aliphatic rings. The summed E-state index contributed by atoms with van der Waals surface area (Å²) in [5.74, 6) is 0. The second-order valence-corrected chi connectivity index (χ2v) is 17.6. The molecule has 8 rings (SSSR count). The summed E-state index contributed by atoms with van der Waals surface area (Å²) in [7, 11) is 0. The van der Waals surface area contributed by atoms with E-state index in [0.29, 0.717) is 0 Å². The summed E-state index contributed by atoms with van der Waals surface area (Å²) in [6, 6.07) is 44.3. The predicted octanol–water partition coefficient (Wildman–Crippen LogP) is 14.5. The lowest BCUT2D eigenvalue weighted by atomic mass is 9.78. The van der Waals surface area contributed by atoms with Gasteiger partial charge in [0.1, 0.15) is 6.10 Å². The Kier molecular flexibility index (Phi) is 8.59. The first-order valence-corrected chi connectivity index (χ1v) is 19.5. The largest absolute Gasteiger partial charge is 0.384 e.